The monoisotopic (exact) mass is 252 g/mol. The molecule has 0 atom stereocenters. The first-order valence-corrected chi connectivity index (χ1v) is 6.30. The molecule has 2 N–H and O–H groups in total. The van der Waals surface area contributed by atoms with Crippen LogP contribution in [0.2, 0.25) is 0 Å². The second kappa shape index (κ2) is 5.52. The average molecular weight is 252 g/mol. The number of nitrogens with two attached hydrogens (primary N) is 1. The molecular weight excluding hydrogens is 228 g/mol. The van der Waals surface area contributed by atoms with E-state index in [9.17, 15) is 4.79 Å². The summed E-state index contributed by atoms with van der Waals surface area (Å²) in [6.07, 6.45) is 1.77. The second-order valence-electron chi connectivity index (χ2n) is 5.49. The number of hydrogen-bond donors (Lipinski definition) is 1. The lowest BCUT2D eigenvalue weighted by Crippen LogP contribution is -2.42. The standard InChI is InChI=1S/C13H24N4O/c1-6-17(9-13(3,4)8-14)12(18)11-7-16(5)15-10(11)2/h7H,6,8-9,14H2,1-5H3. The van der Waals surface area contributed by atoms with Gasteiger partial charge in [0.05, 0.1) is 11.3 Å². The van der Waals surface area contributed by atoms with Gasteiger partial charge in [0.2, 0.25) is 0 Å². The molecule has 1 rings (SSSR count). The molecule has 0 unspecified atom stereocenters. The van der Waals surface area contributed by atoms with E-state index >= 15 is 0 Å². The first-order valence-electron chi connectivity index (χ1n) is 6.30. The van der Waals surface area contributed by atoms with Gasteiger partial charge >= 0.3 is 0 Å². The van der Waals surface area contributed by atoms with Gasteiger partial charge in [-0.2, -0.15) is 5.10 Å². The third kappa shape index (κ3) is 3.32. The lowest BCUT2D eigenvalue weighted by molar-refractivity contribution is 0.0700. The summed E-state index contributed by atoms with van der Waals surface area (Å²) in [5, 5.41) is 4.21. The smallest absolute Gasteiger partial charge is 0.257 e. The molecule has 0 bridgehead atoms. The molecule has 0 aliphatic rings. The number of carbonyl (C=O) groups excluding carboxylic acids is 1. The molecule has 0 saturated heterocycles. The Kier molecular flexibility index (Phi) is 4.51. The average Bonchev–Trinajstić information content (AvgIpc) is 2.64. The van der Waals surface area contributed by atoms with E-state index < -0.39 is 0 Å². The number of amides is 1. The maximum atomic E-state index is 12.4. The summed E-state index contributed by atoms with van der Waals surface area (Å²) in [4.78, 5) is 14.3. The van der Waals surface area contributed by atoms with Gasteiger partial charge in [-0.05, 0) is 25.8 Å². The van der Waals surface area contributed by atoms with E-state index in [4.69, 9.17) is 5.73 Å². The Morgan fingerprint density at radius 3 is 2.56 bits per heavy atom. The summed E-state index contributed by atoms with van der Waals surface area (Å²) in [5.74, 6) is 0.0321. The zero-order valence-electron chi connectivity index (χ0n) is 12.0. The minimum atomic E-state index is -0.0677. The molecule has 102 valence electrons. The number of aryl methyl sites for hydroxylation is 2. The molecule has 1 amide bonds. The van der Waals surface area contributed by atoms with Gasteiger partial charge in [-0.25, -0.2) is 0 Å². The summed E-state index contributed by atoms with van der Waals surface area (Å²) in [6, 6.07) is 0. The van der Waals surface area contributed by atoms with E-state index in [0.29, 0.717) is 25.2 Å². The number of hydrogen-bond acceptors (Lipinski definition) is 3. The normalized spacial score (nSPS) is 11.7. The highest BCUT2D eigenvalue weighted by molar-refractivity contribution is 5.95. The Balaban J connectivity index is 2.89. The fourth-order valence-electron chi connectivity index (χ4n) is 1.89. The number of aromatic nitrogens is 2. The van der Waals surface area contributed by atoms with E-state index in [-0.39, 0.29) is 11.3 Å². The van der Waals surface area contributed by atoms with E-state index in [1.807, 2.05) is 25.8 Å². The molecule has 1 aromatic rings. The SMILES string of the molecule is CCN(CC(C)(C)CN)C(=O)c1cn(C)nc1C. The van der Waals surface area contributed by atoms with Crippen molar-refractivity contribution >= 4 is 5.91 Å². The minimum Gasteiger partial charge on any atom is -0.338 e. The highest BCUT2D eigenvalue weighted by Crippen LogP contribution is 2.17. The van der Waals surface area contributed by atoms with Crippen LogP contribution in [0, 0.1) is 12.3 Å². The van der Waals surface area contributed by atoms with Crippen molar-refractivity contribution < 1.29 is 4.79 Å². The van der Waals surface area contributed by atoms with Crippen LogP contribution >= 0.6 is 0 Å². The lowest BCUT2D eigenvalue weighted by Gasteiger charge is -2.31. The van der Waals surface area contributed by atoms with Crippen LogP contribution in [0.4, 0.5) is 0 Å². The van der Waals surface area contributed by atoms with Crippen LogP contribution in [0.25, 0.3) is 0 Å². The van der Waals surface area contributed by atoms with Crippen molar-refractivity contribution in [2.45, 2.75) is 27.7 Å². The fourth-order valence-corrected chi connectivity index (χ4v) is 1.89. The Morgan fingerprint density at radius 2 is 2.17 bits per heavy atom. The molecule has 0 aliphatic carbocycles. The zero-order chi connectivity index (χ0) is 13.9. The van der Waals surface area contributed by atoms with Gasteiger partial charge in [0.1, 0.15) is 0 Å². The van der Waals surface area contributed by atoms with Crippen LogP contribution < -0.4 is 5.73 Å². The van der Waals surface area contributed by atoms with Gasteiger partial charge in [0.15, 0.2) is 0 Å². The summed E-state index contributed by atoms with van der Waals surface area (Å²) in [5.41, 5.74) is 7.10. The summed E-state index contributed by atoms with van der Waals surface area (Å²) >= 11 is 0. The van der Waals surface area contributed by atoms with Gasteiger partial charge in [0, 0.05) is 26.3 Å². The molecule has 0 aliphatic heterocycles. The van der Waals surface area contributed by atoms with Gasteiger partial charge in [-0.15, -0.1) is 0 Å². The van der Waals surface area contributed by atoms with Gasteiger partial charge < -0.3 is 10.6 Å². The number of carbonyl (C=O) groups is 1. The maximum Gasteiger partial charge on any atom is 0.257 e. The van der Waals surface area contributed by atoms with E-state index in [1.165, 1.54) is 0 Å². The van der Waals surface area contributed by atoms with Crippen molar-refractivity contribution in [3.63, 3.8) is 0 Å². The first-order chi connectivity index (χ1) is 8.30. The quantitative estimate of drug-likeness (QED) is 0.855. The maximum absolute atomic E-state index is 12.4. The van der Waals surface area contributed by atoms with Crippen LogP contribution in [0.5, 0.6) is 0 Å². The topological polar surface area (TPSA) is 64.2 Å². The lowest BCUT2D eigenvalue weighted by atomic mass is 9.93. The van der Waals surface area contributed by atoms with Crippen LogP contribution in [-0.2, 0) is 7.05 Å². The molecule has 1 heterocycles. The van der Waals surface area contributed by atoms with E-state index in [2.05, 4.69) is 18.9 Å². The van der Waals surface area contributed by atoms with Crippen LogP contribution in [0.15, 0.2) is 6.20 Å². The third-order valence-electron chi connectivity index (χ3n) is 3.08. The summed E-state index contributed by atoms with van der Waals surface area (Å²) in [6.45, 7) is 9.87. The van der Waals surface area contributed by atoms with Crippen molar-refractivity contribution in [1.82, 2.24) is 14.7 Å². The molecule has 0 fully saturated rings. The fraction of sp³-hybridized carbons (Fsp3) is 0.692. The Labute approximate surface area is 109 Å². The van der Waals surface area contributed by atoms with Crippen LogP contribution in [-0.4, -0.2) is 40.2 Å². The van der Waals surface area contributed by atoms with Gasteiger partial charge in [0.25, 0.3) is 5.91 Å². The predicted octanol–water partition coefficient (Wildman–Crippen LogP) is 1.18. The Morgan fingerprint density at radius 1 is 1.56 bits per heavy atom. The highest BCUT2D eigenvalue weighted by Gasteiger charge is 2.25. The van der Waals surface area contributed by atoms with E-state index in [1.54, 1.807) is 10.9 Å². The molecule has 0 aromatic carbocycles. The first kappa shape index (κ1) is 14.7. The van der Waals surface area contributed by atoms with Crippen molar-refractivity contribution in [1.29, 1.82) is 0 Å². The summed E-state index contributed by atoms with van der Waals surface area (Å²) < 4.78 is 1.67. The second-order valence-corrected chi connectivity index (χ2v) is 5.49. The van der Waals surface area contributed by atoms with Crippen molar-refractivity contribution in [3.8, 4) is 0 Å². The third-order valence-corrected chi connectivity index (χ3v) is 3.08. The zero-order valence-corrected chi connectivity index (χ0v) is 12.0. The van der Waals surface area contributed by atoms with Gasteiger partial charge in [-0.1, -0.05) is 13.8 Å². The number of nitrogens with zero attached hydrogens (tertiary/aromatic N) is 3. The summed E-state index contributed by atoms with van der Waals surface area (Å²) in [7, 11) is 1.82. The van der Waals surface area contributed by atoms with Crippen molar-refractivity contribution in [2.24, 2.45) is 18.2 Å². The molecule has 5 nitrogen and oxygen atoms in total. The molecule has 0 spiro atoms. The molecule has 5 heteroatoms. The Hall–Kier alpha value is -1.36. The molecule has 0 saturated carbocycles. The van der Waals surface area contributed by atoms with Crippen LogP contribution in [0.1, 0.15) is 36.8 Å². The van der Waals surface area contributed by atoms with Crippen LogP contribution in [0.3, 0.4) is 0 Å². The molecular formula is C13H24N4O. The van der Waals surface area contributed by atoms with E-state index in [0.717, 1.165) is 5.69 Å². The minimum absolute atomic E-state index is 0.0321. The molecule has 18 heavy (non-hydrogen) atoms. The Bertz CT molecular complexity index is 423. The van der Waals surface area contributed by atoms with Crippen molar-refractivity contribution in [3.05, 3.63) is 17.5 Å². The molecule has 0 radical (unpaired) electrons. The largest absolute Gasteiger partial charge is 0.338 e. The predicted molar refractivity (Wildman–Crippen MR) is 72.4 cm³/mol. The van der Waals surface area contributed by atoms with Gasteiger partial charge in [-0.3, -0.25) is 9.48 Å². The molecule has 1 aromatic heterocycles. The highest BCUT2D eigenvalue weighted by atomic mass is 16.2. The number of rotatable bonds is 5. The van der Waals surface area contributed by atoms with Crippen molar-refractivity contribution in [2.75, 3.05) is 19.6 Å².